The summed E-state index contributed by atoms with van der Waals surface area (Å²) in [5.74, 6) is -13.0. The molecule has 5 bridgehead atoms. The number of aliphatic hydroxyl groups excluding tert-OH is 2. The number of fused-ring (bicyclic) bond motifs is 15. The Labute approximate surface area is 484 Å². The molecule has 9 atom stereocenters. The van der Waals surface area contributed by atoms with E-state index in [9.17, 15) is 49.2 Å². The summed E-state index contributed by atoms with van der Waals surface area (Å²) in [7, 11) is 2.75. The molecular formula is C61H72FN5O17. The molecule has 1 saturated carbocycles. The number of ketones is 3. The number of hydrogen-bond acceptors (Lipinski definition) is 18. The number of phenolic OH excluding ortho intramolecular Hbond substituents is 1. The van der Waals surface area contributed by atoms with Crippen LogP contribution in [0.25, 0.3) is 10.9 Å². The summed E-state index contributed by atoms with van der Waals surface area (Å²) in [6.07, 6.45) is 6.09. The molecule has 450 valence electrons. The lowest BCUT2D eigenvalue weighted by Gasteiger charge is -2.41. The molecule has 10 rings (SSSR count). The summed E-state index contributed by atoms with van der Waals surface area (Å²) >= 11 is 0. The van der Waals surface area contributed by atoms with Crippen molar-refractivity contribution in [2.45, 2.75) is 117 Å². The maximum absolute atomic E-state index is 16.2. The first-order valence-electron chi connectivity index (χ1n) is 28.3. The number of rotatable bonds is 8. The minimum absolute atomic E-state index is 0.0163. The molecule has 22 nitrogen and oxygen atoms in total. The van der Waals surface area contributed by atoms with Gasteiger partial charge in [-0.05, 0) is 51.7 Å². The summed E-state index contributed by atoms with van der Waals surface area (Å²) in [5.41, 5.74) is -3.09. The zero-order valence-corrected chi connectivity index (χ0v) is 48.6. The highest BCUT2D eigenvalue weighted by Crippen LogP contribution is 2.50. The van der Waals surface area contributed by atoms with Crippen molar-refractivity contribution in [3.63, 3.8) is 0 Å². The van der Waals surface area contributed by atoms with Crippen molar-refractivity contribution < 1.29 is 82.1 Å². The van der Waals surface area contributed by atoms with E-state index < -0.39 is 134 Å². The SMILES string of the molecule is COc1c(N2CCN(C(=O)C3CCN(C4=C5NC(=O)/C(C)=C\C=C\[C@H](C)[C@H](O)[C@@H](C)[C@@H](O)[C@@H](C)[C@H](OC(C)=O)[C@H](C)[C@@H](OC)/C=C/O[C@@]6(C)Oc7c(C)c(O)c(c(c7C6=O)C4=O)C5=O)CC3)CC2)c(F)cc2c(=O)c(C(=O)O)cn(C3CC3)c12. The number of carboxylic acid groups (broad SMARTS) is 1. The van der Waals surface area contributed by atoms with E-state index in [4.69, 9.17) is 23.7 Å². The molecule has 0 spiro atoms. The maximum atomic E-state index is 16.2. The van der Waals surface area contributed by atoms with E-state index in [1.54, 1.807) is 53.0 Å². The number of benzene rings is 2. The number of hydrogen-bond donors (Lipinski definition) is 5. The van der Waals surface area contributed by atoms with Crippen molar-refractivity contribution in [1.82, 2.24) is 19.7 Å². The number of halogens is 1. The summed E-state index contributed by atoms with van der Waals surface area (Å²) in [6, 6.07) is 0.942. The first kappa shape index (κ1) is 60.7. The number of amides is 2. The largest absolute Gasteiger partial charge is 0.507 e. The van der Waals surface area contributed by atoms with Crippen LogP contribution in [0.2, 0.25) is 0 Å². The molecule has 0 radical (unpaired) electrons. The second-order valence-corrected chi connectivity index (χ2v) is 23.0. The quantitative estimate of drug-likeness (QED) is 0.174. The molecule has 84 heavy (non-hydrogen) atoms. The van der Waals surface area contributed by atoms with Crippen LogP contribution in [0.3, 0.4) is 0 Å². The summed E-state index contributed by atoms with van der Waals surface area (Å²) in [5, 5.41) is 47.3. The van der Waals surface area contributed by atoms with Crippen molar-refractivity contribution in [1.29, 1.82) is 0 Å². The predicted octanol–water partition coefficient (Wildman–Crippen LogP) is 5.51. The first-order chi connectivity index (χ1) is 39.8. The van der Waals surface area contributed by atoms with E-state index >= 15 is 14.0 Å². The van der Waals surface area contributed by atoms with Crippen LogP contribution in [0.15, 0.2) is 64.6 Å². The second-order valence-electron chi connectivity index (χ2n) is 23.0. The molecule has 7 aliphatic rings. The third-order valence-corrected chi connectivity index (χ3v) is 17.6. The van der Waals surface area contributed by atoms with Gasteiger partial charge in [-0.15, -0.1) is 0 Å². The Morgan fingerprint density at radius 1 is 0.833 bits per heavy atom. The number of ether oxygens (including phenoxy) is 5. The maximum Gasteiger partial charge on any atom is 0.341 e. The molecule has 3 fully saturated rings. The van der Waals surface area contributed by atoms with Crippen LogP contribution in [-0.2, 0) is 28.6 Å². The molecule has 1 aromatic heterocycles. The molecule has 0 unspecified atom stereocenters. The van der Waals surface area contributed by atoms with Crippen LogP contribution in [0.1, 0.15) is 127 Å². The summed E-state index contributed by atoms with van der Waals surface area (Å²) < 4.78 is 47.4. The fourth-order valence-corrected chi connectivity index (χ4v) is 12.5. The van der Waals surface area contributed by atoms with E-state index in [0.717, 1.165) is 25.2 Å². The number of likely N-dealkylation sites (tertiary alicyclic amines) is 1. The number of methoxy groups -OCH3 is 2. The number of nitrogens with one attached hydrogen (secondary N) is 1. The van der Waals surface area contributed by atoms with Gasteiger partial charge in [-0.3, -0.25) is 33.6 Å². The number of piperidine rings is 1. The minimum atomic E-state index is -2.19. The van der Waals surface area contributed by atoms with Gasteiger partial charge >= 0.3 is 17.7 Å². The Morgan fingerprint density at radius 3 is 2.11 bits per heavy atom. The second kappa shape index (κ2) is 23.6. The molecule has 6 heterocycles. The average molecular weight is 1170 g/mol. The van der Waals surface area contributed by atoms with E-state index in [-0.39, 0.29) is 115 Å². The molecule has 23 heteroatoms. The number of piperazine rings is 1. The number of esters is 1. The van der Waals surface area contributed by atoms with E-state index in [2.05, 4.69) is 5.32 Å². The van der Waals surface area contributed by atoms with Gasteiger partial charge in [0, 0.05) is 113 Å². The van der Waals surface area contributed by atoms with Crippen molar-refractivity contribution in [2.75, 3.05) is 58.4 Å². The number of Topliss-reactive ketones (excluding diaryl/α,β-unsaturated/α-hetero) is 3. The molecule has 2 saturated heterocycles. The van der Waals surface area contributed by atoms with Gasteiger partial charge in [-0.25, -0.2) is 9.18 Å². The number of aromatic carboxylic acids is 1. The topological polar surface area (TPSA) is 290 Å². The van der Waals surface area contributed by atoms with Gasteiger partial charge in [0.25, 0.3) is 11.7 Å². The number of carbonyl (C=O) groups is 7. The number of pyridine rings is 1. The molecule has 2 amide bonds. The van der Waals surface area contributed by atoms with Crippen molar-refractivity contribution >= 4 is 57.7 Å². The number of allylic oxidation sites excluding steroid dienone is 4. The number of carbonyl (C=O) groups excluding carboxylic acids is 6. The van der Waals surface area contributed by atoms with Gasteiger partial charge in [0.2, 0.25) is 22.9 Å². The number of phenols is 1. The Kier molecular flexibility index (Phi) is 17.1. The average Bonchev–Trinajstić information content (AvgIpc) is 1.51. The van der Waals surface area contributed by atoms with Crippen LogP contribution < -0.4 is 25.1 Å². The number of anilines is 1. The Morgan fingerprint density at radius 2 is 1.50 bits per heavy atom. The lowest BCUT2D eigenvalue weighted by molar-refractivity contribution is -0.160. The zero-order chi connectivity index (χ0) is 61.1. The molecule has 5 N–H and O–H groups in total. The van der Waals surface area contributed by atoms with Gasteiger partial charge in [-0.1, -0.05) is 45.9 Å². The van der Waals surface area contributed by atoms with Gasteiger partial charge in [-0.2, -0.15) is 0 Å². The van der Waals surface area contributed by atoms with Crippen molar-refractivity contribution in [2.24, 2.45) is 29.6 Å². The Balaban J connectivity index is 1.01. The van der Waals surface area contributed by atoms with Crippen LogP contribution in [0.5, 0.6) is 17.2 Å². The molecule has 5 aliphatic heterocycles. The van der Waals surface area contributed by atoms with E-state index in [1.807, 2.05) is 0 Å². The van der Waals surface area contributed by atoms with Crippen LogP contribution in [0, 0.1) is 42.3 Å². The third kappa shape index (κ3) is 10.8. The highest BCUT2D eigenvalue weighted by atomic mass is 19.1. The Bertz CT molecular complexity index is 3440. The smallest absolute Gasteiger partial charge is 0.341 e. The number of nitrogens with zero attached hydrogens (tertiary/aromatic N) is 4. The van der Waals surface area contributed by atoms with Gasteiger partial charge in [0.05, 0.1) is 59.3 Å². The lowest BCUT2D eigenvalue weighted by Crippen LogP contribution is -2.52. The van der Waals surface area contributed by atoms with E-state index in [1.165, 1.54) is 66.3 Å². The number of carboxylic acids is 1. The standard InChI is InChI=1S/C61H72FN5O17/c1-28-12-11-13-29(2)58(76)63-44-47(64-19-16-35(17-20-64)59(77)66-23-21-65(22-24-66)46-39(62)26-37-45(56(46)81-10)67(36-14-15-36)27-38(51(37)72)60(78)79)53(74)41-42(52(44)73)50(71)33(6)55-43(41)57(75)61(8,84-55)82-25-18-40(80-9)30(3)54(83-34(7)68)32(5)49(70)31(4)48(28)69/h11-13,18,25-28,30-32,35-36,40,48-49,54,69-71H,14-17,19-24H2,1-10H3,(H,63,76)(H,78,79)/b12-11+,25-18+,29-13-/t28-,30+,31+,32+,40-,48-,49+,54+,61-/m0/s1. The Hall–Kier alpha value is -7.89. The summed E-state index contributed by atoms with van der Waals surface area (Å²) in [4.78, 5) is 117. The molecule has 2 aliphatic carbocycles. The number of aromatic nitrogens is 1. The minimum Gasteiger partial charge on any atom is -0.507 e. The highest BCUT2D eigenvalue weighted by molar-refractivity contribution is 6.32. The molecule has 3 aromatic rings. The van der Waals surface area contributed by atoms with Gasteiger partial charge in [0.15, 0.2) is 11.6 Å². The van der Waals surface area contributed by atoms with Crippen LogP contribution >= 0.6 is 0 Å². The number of aromatic hydroxyl groups is 1. The predicted molar refractivity (Wildman–Crippen MR) is 301 cm³/mol. The molecule has 2 aromatic carbocycles. The molecular weight excluding hydrogens is 1090 g/mol. The zero-order valence-electron chi connectivity index (χ0n) is 48.6. The fourth-order valence-electron chi connectivity index (χ4n) is 12.5. The van der Waals surface area contributed by atoms with Crippen LogP contribution in [-0.4, -0.2) is 160 Å². The monoisotopic (exact) mass is 1170 g/mol. The van der Waals surface area contributed by atoms with E-state index in [0.29, 0.717) is 0 Å². The first-order valence-corrected chi connectivity index (χ1v) is 28.3. The van der Waals surface area contributed by atoms with Gasteiger partial charge in [0.1, 0.15) is 40.2 Å². The normalized spacial score (nSPS) is 28.8. The fraction of sp³-hybridized carbons (Fsp3) is 0.508. The van der Waals surface area contributed by atoms with Gasteiger partial charge < -0.3 is 68.7 Å². The van der Waals surface area contributed by atoms with Crippen molar-refractivity contribution in [3.8, 4) is 17.2 Å². The lowest BCUT2D eigenvalue weighted by atomic mass is 9.78. The van der Waals surface area contributed by atoms with Crippen molar-refractivity contribution in [3.05, 3.63) is 104 Å². The highest BCUT2D eigenvalue weighted by Gasteiger charge is 2.54. The third-order valence-electron chi connectivity index (χ3n) is 17.6. The van der Waals surface area contributed by atoms with Crippen LogP contribution in [0.4, 0.5) is 10.1 Å². The summed E-state index contributed by atoms with van der Waals surface area (Å²) in [6.45, 7) is 12.9. The number of aliphatic hydroxyl groups is 2.